The van der Waals surface area contributed by atoms with Crippen LogP contribution in [0.25, 0.3) is 6.08 Å². The molecule has 0 saturated heterocycles. The molecule has 1 N–H and O–H groups in total. The Morgan fingerprint density at radius 2 is 2.00 bits per heavy atom. The normalized spacial score (nSPS) is 15.6. The molecule has 1 aliphatic carbocycles. The van der Waals surface area contributed by atoms with E-state index in [1.807, 2.05) is 24.3 Å². The molecule has 2 aromatic rings. The van der Waals surface area contributed by atoms with E-state index in [-0.39, 0.29) is 11.9 Å². The van der Waals surface area contributed by atoms with Crippen LogP contribution in [0.3, 0.4) is 0 Å². The number of anilines is 1. The molecule has 0 spiro atoms. The number of carbonyl (C=O) groups is 2. The Hall–Kier alpha value is -2.60. The summed E-state index contributed by atoms with van der Waals surface area (Å²) in [4.78, 5) is 26.3. The van der Waals surface area contributed by atoms with Gasteiger partial charge in [-0.1, -0.05) is 26.0 Å². The highest BCUT2D eigenvalue weighted by Gasteiger charge is 2.30. The number of amides is 1. The lowest BCUT2D eigenvalue weighted by atomic mass is 9.86. The standard InChI is InChI=1S/C24H29NO4S/c1-4-15-29-18-12-9-17(10-13-18)11-14-20(26)25-23-22(24(27)28-5-2)21-16(3)7-6-8-19(21)30-23/h9-14,16H,4-8,15H2,1-3H3,(H,25,26). The van der Waals surface area contributed by atoms with E-state index in [2.05, 4.69) is 19.2 Å². The number of rotatable bonds is 8. The first-order chi connectivity index (χ1) is 14.5. The zero-order valence-corrected chi connectivity index (χ0v) is 18.6. The van der Waals surface area contributed by atoms with E-state index in [1.54, 1.807) is 13.0 Å². The molecule has 5 nitrogen and oxygen atoms in total. The molecule has 0 radical (unpaired) electrons. The zero-order valence-electron chi connectivity index (χ0n) is 17.8. The molecule has 1 unspecified atom stereocenters. The largest absolute Gasteiger partial charge is 0.494 e. The summed E-state index contributed by atoms with van der Waals surface area (Å²) in [5.41, 5.74) is 2.48. The fourth-order valence-corrected chi connectivity index (χ4v) is 4.98. The molecule has 1 aliphatic rings. The number of hydrogen-bond acceptors (Lipinski definition) is 5. The van der Waals surface area contributed by atoms with Gasteiger partial charge in [0.2, 0.25) is 5.91 Å². The van der Waals surface area contributed by atoms with Gasteiger partial charge in [-0.25, -0.2) is 4.79 Å². The van der Waals surface area contributed by atoms with Crippen molar-refractivity contribution in [3.05, 3.63) is 51.9 Å². The van der Waals surface area contributed by atoms with Crippen LogP contribution in [0.5, 0.6) is 5.75 Å². The van der Waals surface area contributed by atoms with Crippen molar-refractivity contribution in [3.63, 3.8) is 0 Å². The molecule has 0 aliphatic heterocycles. The SMILES string of the molecule is CCCOc1ccc(C=CC(=O)Nc2sc3c(c2C(=O)OCC)C(C)CCC3)cc1. The van der Waals surface area contributed by atoms with Crippen LogP contribution in [-0.2, 0) is 16.0 Å². The second-order valence-corrected chi connectivity index (χ2v) is 8.50. The lowest BCUT2D eigenvalue weighted by Crippen LogP contribution is -2.15. The first-order valence-corrected chi connectivity index (χ1v) is 11.4. The molecule has 160 valence electrons. The predicted octanol–water partition coefficient (Wildman–Crippen LogP) is 5.81. The van der Waals surface area contributed by atoms with Gasteiger partial charge in [0.15, 0.2) is 0 Å². The van der Waals surface area contributed by atoms with Gasteiger partial charge in [0.1, 0.15) is 10.8 Å². The van der Waals surface area contributed by atoms with Gasteiger partial charge < -0.3 is 14.8 Å². The summed E-state index contributed by atoms with van der Waals surface area (Å²) in [5.74, 6) is 0.485. The third-order valence-electron chi connectivity index (χ3n) is 5.05. The zero-order chi connectivity index (χ0) is 21.5. The third kappa shape index (κ3) is 5.30. The number of aryl methyl sites for hydroxylation is 1. The van der Waals surface area contributed by atoms with Crippen molar-refractivity contribution in [2.24, 2.45) is 0 Å². The first kappa shape index (κ1) is 22.1. The van der Waals surface area contributed by atoms with Crippen LogP contribution in [0.1, 0.15) is 72.3 Å². The van der Waals surface area contributed by atoms with Crippen molar-refractivity contribution >= 4 is 34.3 Å². The van der Waals surface area contributed by atoms with Crippen LogP contribution in [-0.4, -0.2) is 25.1 Å². The molecular weight excluding hydrogens is 398 g/mol. The number of nitrogens with one attached hydrogen (secondary N) is 1. The average molecular weight is 428 g/mol. The van der Waals surface area contributed by atoms with Gasteiger partial charge in [-0.2, -0.15) is 0 Å². The number of benzene rings is 1. The summed E-state index contributed by atoms with van der Waals surface area (Å²) >= 11 is 1.50. The Morgan fingerprint density at radius 1 is 1.23 bits per heavy atom. The van der Waals surface area contributed by atoms with E-state index in [0.29, 0.717) is 29.7 Å². The Bertz CT molecular complexity index is 914. The highest BCUT2D eigenvalue weighted by Crippen LogP contribution is 2.43. The van der Waals surface area contributed by atoms with Gasteiger partial charge in [0.25, 0.3) is 0 Å². The number of thiophene rings is 1. The van der Waals surface area contributed by atoms with Gasteiger partial charge in [0.05, 0.1) is 18.8 Å². The fourth-order valence-electron chi connectivity index (χ4n) is 3.63. The number of esters is 1. The molecule has 1 heterocycles. The van der Waals surface area contributed by atoms with Crippen molar-refractivity contribution in [1.82, 2.24) is 0 Å². The van der Waals surface area contributed by atoms with Crippen LogP contribution < -0.4 is 10.1 Å². The van der Waals surface area contributed by atoms with Crippen LogP contribution in [0.15, 0.2) is 30.3 Å². The summed E-state index contributed by atoms with van der Waals surface area (Å²) in [6.45, 7) is 6.98. The smallest absolute Gasteiger partial charge is 0.341 e. The number of ether oxygens (including phenoxy) is 2. The minimum atomic E-state index is -0.356. The van der Waals surface area contributed by atoms with Crippen LogP contribution in [0.2, 0.25) is 0 Å². The van der Waals surface area contributed by atoms with E-state index in [1.165, 1.54) is 22.3 Å². The molecule has 1 aromatic heterocycles. The first-order valence-electron chi connectivity index (χ1n) is 10.6. The summed E-state index contributed by atoms with van der Waals surface area (Å²) in [6, 6.07) is 7.59. The molecule has 0 saturated carbocycles. The molecular formula is C24H29NO4S. The van der Waals surface area contributed by atoms with Crippen LogP contribution >= 0.6 is 11.3 Å². The van der Waals surface area contributed by atoms with E-state index < -0.39 is 0 Å². The van der Waals surface area contributed by atoms with Gasteiger partial charge in [-0.05, 0) is 67.9 Å². The maximum absolute atomic E-state index is 12.6. The van der Waals surface area contributed by atoms with Crippen molar-refractivity contribution in [2.45, 2.75) is 52.4 Å². The number of fused-ring (bicyclic) bond motifs is 1. The molecule has 0 bridgehead atoms. The van der Waals surface area contributed by atoms with Crippen molar-refractivity contribution in [1.29, 1.82) is 0 Å². The summed E-state index contributed by atoms with van der Waals surface area (Å²) in [6.07, 6.45) is 7.27. The number of hydrogen-bond donors (Lipinski definition) is 1. The second-order valence-electron chi connectivity index (χ2n) is 7.40. The molecule has 1 aromatic carbocycles. The highest BCUT2D eigenvalue weighted by atomic mass is 32.1. The van der Waals surface area contributed by atoms with Crippen molar-refractivity contribution in [2.75, 3.05) is 18.5 Å². The van der Waals surface area contributed by atoms with Gasteiger partial charge >= 0.3 is 5.97 Å². The minimum absolute atomic E-state index is 0.266. The average Bonchev–Trinajstić information content (AvgIpc) is 3.11. The molecule has 6 heteroatoms. The number of carbonyl (C=O) groups excluding carboxylic acids is 2. The molecule has 1 atom stereocenters. The third-order valence-corrected chi connectivity index (χ3v) is 6.23. The summed E-state index contributed by atoms with van der Waals surface area (Å²) < 4.78 is 10.9. The van der Waals surface area contributed by atoms with E-state index in [9.17, 15) is 9.59 Å². The van der Waals surface area contributed by atoms with E-state index >= 15 is 0 Å². The Kier molecular flexibility index (Phi) is 7.69. The van der Waals surface area contributed by atoms with Gasteiger partial charge in [-0.3, -0.25) is 4.79 Å². The summed E-state index contributed by atoms with van der Waals surface area (Å²) in [5, 5.41) is 3.49. The second kappa shape index (κ2) is 10.4. The Labute approximate surface area is 182 Å². The lowest BCUT2D eigenvalue weighted by Gasteiger charge is -2.19. The maximum Gasteiger partial charge on any atom is 0.341 e. The molecule has 0 fully saturated rings. The van der Waals surface area contributed by atoms with Crippen LogP contribution in [0.4, 0.5) is 5.00 Å². The predicted molar refractivity (Wildman–Crippen MR) is 122 cm³/mol. The Balaban J connectivity index is 1.74. The monoisotopic (exact) mass is 427 g/mol. The van der Waals surface area contributed by atoms with E-state index in [4.69, 9.17) is 9.47 Å². The van der Waals surface area contributed by atoms with Crippen LogP contribution in [0, 0.1) is 0 Å². The maximum atomic E-state index is 12.6. The molecule has 3 rings (SSSR count). The van der Waals surface area contributed by atoms with E-state index in [0.717, 1.165) is 42.6 Å². The minimum Gasteiger partial charge on any atom is -0.494 e. The Morgan fingerprint density at radius 3 is 2.70 bits per heavy atom. The topological polar surface area (TPSA) is 64.6 Å². The molecule has 30 heavy (non-hydrogen) atoms. The van der Waals surface area contributed by atoms with Gasteiger partial charge in [-0.15, -0.1) is 11.3 Å². The lowest BCUT2D eigenvalue weighted by molar-refractivity contribution is -0.111. The van der Waals surface area contributed by atoms with Gasteiger partial charge in [0, 0.05) is 11.0 Å². The highest BCUT2D eigenvalue weighted by molar-refractivity contribution is 7.17. The quantitative estimate of drug-likeness (QED) is 0.427. The molecule has 1 amide bonds. The van der Waals surface area contributed by atoms with Crippen molar-refractivity contribution < 1.29 is 19.1 Å². The summed E-state index contributed by atoms with van der Waals surface area (Å²) in [7, 11) is 0. The fraction of sp³-hybridized carbons (Fsp3) is 0.417. The van der Waals surface area contributed by atoms with Crippen molar-refractivity contribution in [3.8, 4) is 5.75 Å².